The van der Waals surface area contributed by atoms with E-state index in [0.29, 0.717) is 0 Å². The van der Waals surface area contributed by atoms with Crippen LogP contribution in [0.2, 0.25) is 0 Å². The highest BCUT2D eigenvalue weighted by atomic mass is 16.5. The minimum atomic E-state index is -0.618. The van der Waals surface area contributed by atoms with Gasteiger partial charge in [-0.05, 0) is 178 Å². The molecule has 6 aromatic carbocycles. The number of hydrogen-bond acceptors (Lipinski definition) is 3. The maximum Gasteiger partial charge on any atom is 0.332 e. The molecule has 8 aliphatic rings. The molecule has 0 bridgehead atoms. The molecular weight excluding hydrogens is 836 g/mol. The van der Waals surface area contributed by atoms with Crippen molar-refractivity contribution in [3.05, 3.63) is 189 Å². The van der Waals surface area contributed by atoms with Crippen LogP contribution in [0.4, 0.5) is 22.7 Å². The molecule has 0 saturated carbocycles. The Hall–Kier alpha value is -6.00. The number of aryl methyl sites for hydroxylation is 1. The first-order valence-electron chi connectivity index (χ1n) is 26.2. The van der Waals surface area contributed by atoms with Crippen LogP contribution in [0.5, 0.6) is 5.75 Å². The normalized spacial score (nSPS) is 26.8. The fourth-order valence-electron chi connectivity index (χ4n) is 16.0. The molecule has 0 N–H and O–H groups in total. The van der Waals surface area contributed by atoms with Crippen molar-refractivity contribution < 1.29 is 4.74 Å². The largest absolute Gasteiger partial charge is 0.461 e. The molecule has 0 aromatic heterocycles. The molecule has 0 spiro atoms. The lowest BCUT2D eigenvalue weighted by Gasteiger charge is -2.66. The van der Waals surface area contributed by atoms with Crippen LogP contribution < -0.4 is 19.9 Å². The van der Waals surface area contributed by atoms with Crippen LogP contribution in [0.1, 0.15) is 141 Å². The number of benzene rings is 6. The zero-order chi connectivity index (χ0) is 47.5. The number of anilines is 4. The molecule has 4 unspecified atom stereocenters. The maximum absolute atomic E-state index is 7.72. The van der Waals surface area contributed by atoms with Crippen LogP contribution in [0.15, 0.2) is 150 Å². The van der Waals surface area contributed by atoms with Crippen LogP contribution in [0, 0.1) is 5.92 Å². The molecule has 4 heterocycles. The first-order chi connectivity index (χ1) is 33.0. The lowest BCUT2D eigenvalue weighted by molar-refractivity contribution is 0.332. The zero-order valence-corrected chi connectivity index (χ0v) is 42.6. The third kappa shape index (κ3) is 4.87. The number of allylic oxidation sites excluding steroid dienone is 3. The third-order valence-corrected chi connectivity index (χ3v) is 19.4. The van der Waals surface area contributed by atoms with E-state index in [1.807, 2.05) is 0 Å². The van der Waals surface area contributed by atoms with Gasteiger partial charge in [-0.2, -0.15) is 0 Å². The number of fused-ring (bicyclic) bond motifs is 16. The van der Waals surface area contributed by atoms with Crippen molar-refractivity contribution in [2.45, 2.75) is 141 Å². The monoisotopic (exact) mass is 901 g/mol. The summed E-state index contributed by atoms with van der Waals surface area (Å²) in [5.74, 6) is 2.31. The lowest BCUT2D eigenvalue weighted by Crippen LogP contribution is -2.71. The van der Waals surface area contributed by atoms with E-state index in [0.717, 1.165) is 24.4 Å². The second kappa shape index (κ2) is 13.2. The number of nitrogens with zero attached hydrogens (tertiary/aromatic N) is 2. The van der Waals surface area contributed by atoms with Crippen molar-refractivity contribution in [2.75, 3.05) is 9.71 Å². The van der Waals surface area contributed by atoms with Crippen LogP contribution >= 0.6 is 0 Å². The van der Waals surface area contributed by atoms with E-state index in [1.54, 1.807) is 0 Å². The SMILES string of the molecule is CCCCc1ccc2c(c1)C1(C)C=CC(C)C3=C1C1(C)C(=C4Oc5ccccc5C43C)B3c4c(cc5c(c4N21)C(C)(C)c1ccccc1-5)-c1cc2c(cc1N3c1ccccc1)C(C)(C)CCC2(C)C. The molecule has 0 fully saturated rings. The van der Waals surface area contributed by atoms with E-state index in [1.165, 1.54) is 125 Å². The van der Waals surface area contributed by atoms with Gasteiger partial charge >= 0.3 is 6.85 Å². The van der Waals surface area contributed by atoms with Gasteiger partial charge in [0.2, 0.25) is 0 Å². The summed E-state index contributed by atoms with van der Waals surface area (Å²) < 4.78 is 7.72. The number of ether oxygens (including phenoxy) is 1. The van der Waals surface area contributed by atoms with Crippen molar-refractivity contribution in [3.8, 4) is 28.0 Å². The van der Waals surface area contributed by atoms with Gasteiger partial charge in [0.15, 0.2) is 0 Å². The smallest absolute Gasteiger partial charge is 0.332 e. The highest BCUT2D eigenvalue weighted by Crippen LogP contribution is 2.72. The summed E-state index contributed by atoms with van der Waals surface area (Å²) in [4.78, 5) is 5.72. The summed E-state index contributed by atoms with van der Waals surface area (Å²) in [7, 11) is 0. The number of rotatable bonds is 4. The van der Waals surface area contributed by atoms with Crippen LogP contribution in [-0.4, -0.2) is 12.4 Å². The summed E-state index contributed by atoms with van der Waals surface area (Å²) in [6.45, 7) is 27.3. The molecule has 0 saturated heterocycles. The van der Waals surface area contributed by atoms with E-state index in [4.69, 9.17) is 4.74 Å². The fourth-order valence-corrected chi connectivity index (χ4v) is 16.0. The van der Waals surface area contributed by atoms with Crippen molar-refractivity contribution in [1.29, 1.82) is 0 Å². The second-order valence-corrected chi connectivity index (χ2v) is 24.5. The van der Waals surface area contributed by atoms with Crippen LogP contribution in [-0.2, 0) is 33.5 Å². The summed E-state index contributed by atoms with van der Waals surface area (Å²) in [5.41, 5.74) is 24.8. The molecule has 344 valence electrons. The standard InChI is InChI=1S/C65H65BN2O/c1-12-13-21-39-28-29-50-49(34-39)63(9)31-30-38(2)53-57(63)65(11)58(59-64(53,10)46-26-19-20-27-52(46)69-59)66-55-44(35-43-41-24-17-18-25-45(41)62(7,8)54(43)56(55)67(50)65)42-36-47-48(61(5,6)33-32-60(47,3)4)37-51(42)68(66)40-22-15-14-16-23-40/h14-20,22-31,34-38H,12-13,21,32-33H2,1-11H3. The summed E-state index contributed by atoms with van der Waals surface area (Å²) in [5, 5.41) is 0. The minimum Gasteiger partial charge on any atom is -0.461 e. The molecular formula is C65H65BN2O. The van der Waals surface area contributed by atoms with Crippen molar-refractivity contribution in [1.82, 2.24) is 0 Å². The predicted molar refractivity (Wildman–Crippen MR) is 288 cm³/mol. The highest BCUT2D eigenvalue weighted by molar-refractivity contribution is 6.88. The molecule has 3 nitrogen and oxygen atoms in total. The lowest BCUT2D eigenvalue weighted by atomic mass is 9.33. The van der Waals surface area contributed by atoms with Gasteiger partial charge < -0.3 is 14.4 Å². The Bertz CT molecular complexity index is 3420. The van der Waals surface area contributed by atoms with Gasteiger partial charge in [-0.1, -0.05) is 147 Å². The summed E-state index contributed by atoms with van der Waals surface area (Å²) >= 11 is 0. The van der Waals surface area contributed by atoms with Gasteiger partial charge in [0.05, 0.1) is 11.0 Å². The Balaban J connectivity index is 1.23. The zero-order valence-electron chi connectivity index (χ0n) is 42.6. The predicted octanol–water partition coefficient (Wildman–Crippen LogP) is 15.5. The van der Waals surface area contributed by atoms with Crippen molar-refractivity contribution in [3.63, 3.8) is 0 Å². The van der Waals surface area contributed by atoms with Gasteiger partial charge in [-0.25, -0.2) is 0 Å². The number of para-hydroxylation sites is 2. The molecule has 4 heteroatoms. The first-order valence-corrected chi connectivity index (χ1v) is 26.2. The first kappa shape index (κ1) is 41.9. The molecule has 14 rings (SSSR count). The van der Waals surface area contributed by atoms with Gasteiger partial charge in [0.1, 0.15) is 11.5 Å². The average molecular weight is 901 g/mol. The van der Waals surface area contributed by atoms with E-state index in [-0.39, 0.29) is 34.4 Å². The molecule has 6 aromatic rings. The number of unbranched alkanes of at least 4 members (excludes halogenated alkanes) is 1. The van der Waals surface area contributed by atoms with E-state index < -0.39 is 11.0 Å². The molecule has 0 amide bonds. The van der Waals surface area contributed by atoms with Gasteiger partial charge in [-0.15, -0.1) is 0 Å². The fraction of sp³-hybridized carbons (Fsp3) is 0.354. The van der Waals surface area contributed by atoms with Gasteiger partial charge in [0, 0.05) is 44.7 Å². The Kier molecular flexibility index (Phi) is 8.05. The quantitative estimate of drug-likeness (QED) is 0.130. The number of hydrogen-bond donors (Lipinski definition) is 0. The molecule has 0 radical (unpaired) electrons. The average Bonchev–Trinajstić information content (AvgIpc) is 3.77. The van der Waals surface area contributed by atoms with Crippen molar-refractivity contribution in [2.24, 2.45) is 5.92 Å². The molecule has 69 heavy (non-hydrogen) atoms. The van der Waals surface area contributed by atoms with E-state index >= 15 is 0 Å². The second-order valence-electron chi connectivity index (χ2n) is 24.5. The van der Waals surface area contributed by atoms with Crippen LogP contribution in [0.25, 0.3) is 22.3 Å². The summed E-state index contributed by atoms with van der Waals surface area (Å²) in [6.07, 6.45) is 10.9. The highest BCUT2D eigenvalue weighted by Gasteiger charge is 2.70. The third-order valence-electron chi connectivity index (χ3n) is 19.4. The Morgan fingerprint density at radius 2 is 1.35 bits per heavy atom. The summed E-state index contributed by atoms with van der Waals surface area (Å²) in [6, 6.07) is 45.4. The molecule has 4 atom stereocenters. The van der Waals surface area contributed by atoms with Gasteiger partial charge in [-0.3, -0.25) is 0 Å². The molecule has 4 aliphatic carbocycles. The Morgan fingerprint density at radius 1 is 0.652 bits per heavy atom. The van der Waals surface area contributed by atoms with E-state index in [2.05, 4.69) is 213 Å². The maximum atomic E-state index is 7.72. The van der Waals surface area contributed by atoms with Crippen LogP contribution in [0.3, 0.4) is 0 Å². The van der Waals surface area contributed by atoms with Crippen molar-refractivity contribution >= 4 is 35.1 Å². The topological polar surface area (TPSA) is 15.7 Å². The van der Waals surface area contributed by atoms with E-state index in [9.17, 15) is 0 Å². The minimum absolute atomic E-state index is 0.0284. The Labute approximate surface area is 411 Å². The Morgan fingerprint density at radius 3 is 2.10 bits per heavy atom. The molecule has 4 aliphatic heterocycles. The van der Waals surface area contributed by atoms with Gasteiger partial charge in [0.25, 0.3) is 0 Å².